The van der Waals surface area contributed by atoms with Gasteiger partial charge >= 0.3 is 0 Å². The summed E-state index contributed by atoms with van der Waals surface area (Å²) in [5, 5.41) is 3.45. The summed E-state index contributed by atoms with van der Waals surface area (Å²) in [6.07, 6.45) is 1.73. The fourth-order valence-corrected chi connectivity index (χ4v) is 2.48. The average Bonchev–Trinajstić information content (AvgIpc) is 2.66. The van der Waals surface area contributed by atoms with Crippen molar-refractivity contribution >= 4 is 5.91 Å². The summed E-state index contributed by atoms with van der Waals surface area (Å²) in [6.45, 7) is 7.98. The third-order valence-corrected chi connectivity index (χ3v) is 3.63. The molecule has 5 N–H and O–H groups in total. The molecular weight excluding hydrogens is 380 g/mol. The molecule has 0 saturated heterocycles. The standard InChI is InChI=1S/C15H24F2N2O.C5H5N3O/c1-10(19-15(2,3)4)11-5-6-13(12(7-11)8-18)20-9-14(16)17;6-5(9)4-3-7-1-2-8-4/h5-7,10,14,19H,8-9,18H2,1-4H3;1-3H,(H2,6,9). The minimum absolute atomic E-state index is 0.00680. The second-order valence-electron chi connectivity index (χ2n) is 7.34. The minimum Gasteiger partial charge on any atom is -0.487 e. The number of amides is 1. The SMILES string of the molecule is CC(NC(C)(C)C)c1ccc(OCC(F)F)c(CN)c1.NC(=O)c1cnccn1. The Kier molecular flexibility index (Phi) is 9.57. The van der Waals surface area contributed by atoms with Gasteiger partial charge in [-0.15, -0.1) is 0 Å². The molecule has 7 nitrogen and oxygen atoms in total. The number of halogens is 2. The molecule has 0 spiro atoms. The van der Waals surface area contributed by atoms with E-state index in [-0.39, 0.29) is 23.8 Å². The monoisotopic (exact) mass is 409 g/mol. The van der Waals surface area contributed by atoms with Gasteiger partial charge in [-0.2, -0.15) is 0 Å². The Balaban J connectivity index is 0.000000387. The minimum atomic E-state index is -2.48. The van der Waals surface area contributed by atoms with Crippen molar-refractivity contribution in [2.45, 2.75) is 52.2 Å². The van der Waals surface area contributed by atoms with Crippen molar-refractivity contribution in [3.8, 4) is 5.75 Å². The van der Waals surface area contributed by atoms with E-state index in [2.05, 4.69) is 43.0 Å². The lowest BCUT2D eigenvalue weighted by atomic mass is 10.0. The van der Waals surface area contributed by atoms with E-state index in [9.17, 15) is 13.6 Å². The number of aromatic nitrogens is 2. The first kappa shape index (κ1) is 24.4. The summed E-state index contributed by atoms with van der Waals surface area (Å²) >= 11 is 0. The van der Waals surface area contributed by atoms with Crippen LogP contribution in [0.4, 0.5) is 8.78 Å². The van der Waals surface area contributed by atoms with Crippen LogP contribution >= 0.6 is 0 Å². The Morgan fingerprint density at radius 1 is 1.28 bits per heavy atom. The molecule has 0 radical (unpaired) electrons. The van der Waals surface area contributed by atoms with Gasteiger partial charge in [-0.05, 0) is 45.4 Å². The van der Waals surface area contributed by atoms with Crippen LogP contribution in [0.2, 0.25) is 0 Å². The first-order chi connectivity index (χ1) is 13.5. The molecule has 1 aromatic carbocycles. The molecule has 1 heterocycles. The third-order valence-electron chi connectivity index (χ3n) is 3.63. The van der Waals surface area contributed by atoms with Gasteiger partial charge in [0, 0.05) is 36.1 Å². The lowest BCUT2D eigenvalue weighted by Crippen LogP contribution is -2.37. The van der Waals surface area contributed by atoms with Crippen molar-refractivity contribution in [2.75, 3.05) is 6.61 Å². The van der Waals surface area contributed by atoms with E-state index in [1.807, 2.05) is 12.1 Å². The maximum absolute atomic E-state index is 12.2. The molecule has 1 unspecified atom stereocenters. The fourth-order valence-electron chi connectivity index (χ4n) is 2.48. The smallest absolute Gasteiger partial charge is 0.272 e. The molecule has 0 fully saturated rings. The van der Waals surface area contributed by atoms with Crippen LogP contribution in [0.3, 0.4) is 0 Å². The normalized spacial score (nSPS) is 12.1. The molecule has 0 aliphatic carbocycles. The molecule has 29 heavy (non-hydrogen) atoms. The van der Waals surface area contributed by atoms with Crippen LogP contribution in [0.1, 0.15) is 55.4 Å². The van der Waals surface area contributed by atoms with Gasteiger partial charge < -0.3 is 21.5 Å². The van der Waals surface area contributed by atoms with Crippen molar-refractivity contribution in [3.05, 3.63) is 53.6 Å². The summed E-state index contributed by atoms with van der Waals surface area (Å²) in [4.78, 5) is 17.6. The van der Waals surface area contributed by atoms with Gasteiger partial charge in [0.1, 0.15) is 18.1 Å². The molecule has 0 aliphatic heterocycles. The highest BCUT2D eigenvalue weighted by Gasteiger charge is 2.16. The van der Waals surface area contributed by atoms with E-state index in [1.54, 1.807) is 6.07 Å². The number of carbonyl (C=O) groups excluding carboxylic acids is 1. The maximum atomic E-state index is 12.2. The number of hydrogen-bond acceptors (Lipinski definition) is 6. The van der Waals surface area contributed by atoms with E-state index >= 15 is 0 Å². The Morgan fingerprint density at radius 2 is 1.97 bits per heavy atom. The molecule has 2 aromatic rings. The maximum Gasteiger partial charge on any atom is 0.272 e. The largest absolute Gasteiger partial charge is 0.487 e. The number of hydrogen-bond donors (Lipinski definition) is 3. The van der Waals surface area contributed by atoms with E-state index < -0.39 is 18.9 Å². The lowest BCUT2D eigenvalue weighted by Gasteiger charge is -2.27. The van der Waals surface area contributed by atoms with Crippen LogP contribution < -0.4 is 21.5 Å². The van der Waals surface area contributed by atoms with E-state index in [0.717, 1.165) is 11.1 Å². The number of nitrogens with one attached hydrogen (secondary N) is 1. The zero-order valence-electron chi connectivity index (χ0n) is 17.2. The number of nitrogens with two attached hydrogens (primary N) is 2. The molecular formula is C20H29F2N5O2. The third kappa shape index (κ3) is 9.40. The number of ether oxygens (including phenoxy) is 1. The molecule has 1 amide bonds. The summed E-state index contributed by atoms with van der Waals surface area (Å²) in [7, 11) is 0. The Labute approximate surface area is 169 Å². The number of alkyl halides is 2. The van der Waals surface area contributed by atoms with Crippen LogP contribution in [0, 0.1) is 0 Å². The Bertz CT molecular complexity index is 767. The molecule has 1 atom stereocenters. The van der Waals surface area contributed by atoms with Crippen LogP contribution in [-0.4, -0.2) is 34.4 Å². The van der Waals surface area contributed by atoms with Gasteiger partial charge in [0.2, 0.25) is 0 Å². The van der Waals surface area contributed by atoms with Gasteiger partial charge in [0.15, 0.2) is 0 Å². The summed E-state index contributed by atoms with van der Waals surface area (Å²) < 4.78 is 29.4. The zero-order chi connectivity index (χ0) is 22.0. The molecule has 0 aliphatic rings. The number of rotatable bonds is 7. The summed E-state index contributed by atoms with van der Waals surface area (Å²) in [5.74, 6) is -0.123. The Morgan fingerprint density at radius 3 is 2.41 bits per heavy atom. The summed E-state index contributed by atoms with van der Waals surface area (Å²) in [6, 6.07) is 5.64. The van der Waals surface area contributed by atoms with Crippen LogP contribution in [-0.2, 0) is 6.54 Å². The van der Waals surface area contributed by atoms with E-state index in [4.69, 9.17) is 16.2 Å². The highest BCUT2D eigenvalue weighted by atomic mass is 19.3. The molecule has 2 rings (SSSR count). The van der Waals surface area contributed by atoms with Crippen LogP contribution in [0.25, 0.3) is 0 Å². The molecule has 0 saturated carbocycles. The molecule has 1 aromatic heterocycles. The van der Waals surface area contributed by atoms with Gasteiger partial charge in [-0.1, -0.05) is 6.07 Å². The van der Waals surface area contributed by atoms with Crippen molar-refractivity contribution in [1.29, 1.82) is 0 Å². The predicted octanol–water partition coefficient (Wildman–Crippen LogP) is 2.81. The Hall–Kier alpha value is -2.65. The number of nitrogens with zero attached hydrogens (tertiary/aromatic N) is 2. The number of carbonyl (C=O) groups is 1. The van der Waals surface area contributed by atoms with E-state index in [1.165, 1.54) is 18.6 Å². The first-order valence-corrected chi connectivity index (χ1v) is 9.11. The summed E-state index contributed by atoms with van der Waals surface area (Å²) in [5.41, 5.74) is 12.5. The van der Waals surface area contributed by atoms with Gasteiger partial charge in [0.05, 0.1) is 6.20 Å². The van der Waals surface area contributed by atoms with Crippen molar-refractivity contribution in [1.82, 2.24) is 15.3 Å². The fraction of sp³-hybridized carbons (Fsp3) is 0.450. The van der Waals surface area contributed by atoms with Crippen LogP contribution in [0.15, 0.2) is 36.8 Å². The number of primary amides is 1. The van der Waals surface area contributed by atoms with E-state index in [0.29, 0.717) is 5.75 Å². The zero-order valence-corrected chi connectivity index (χ0v) is 17.2. The topological polar surface area (TPSA) is 116 Å². The predicted molar refractivity (Wildman–Crippen MR) is 108 cm³/mol. The first-order valence-electron chi connectivity index (χ1n) is 9.11. The van der Waals surface area contributed by atoms with Crippen LogP contribution in [0.5, 0.6) is 5.75 Å². The highest BCUT2D eigenvalue weighted by Crippen LogP contribution is 2.25. The second kappa shape index (κ2) is 11.4. The van der Waals surface area contributed by atoms with Gasteiger partial charge in [0.25, 0.3) is 12.3 Å². The molecule has 160 valence electrons. The average molecular weight is 409 g/mol. The van der Waals surface area contributed by atoms with Crippen molar-refractivity contribution in [2.24, 2.45) is 11.5 Å². The van der Waals surface area contributed by atoms with Crippen molar-refractivity contribution in [3.63, 3.8) is 0 Å². The lowest BCUT2D eigenvalue weighted by molar-refractivity contribution is 0.0814. The second-order valence-corrected chi connectivity index (χ2v) is 7.34. The van der Waals surface area contributed by atoms with Gasteiger partial charge in [-0.25, -0.2) is 13.8 Å². The number of benzene rings is 1. The quantitative estimate of drug-likeness (QED) is 0.648. The molecule has 0 bridgehead atoms. The van der Waals surface area contributed by atoms with Crippen molar-refractivity contribution < 1.29 is 18.3 Å². The highest BCUT2D eigenvalue weighted by molar-refractivity contribution is 5.90. The molecule has 9 heteroatoms. The van der Waals surface area contributed by atoms with Gasteiger partial charge in [-0.3, -0.25) is 9.78 Å².